The summed E-state index contributed by atoms with van der Waals surface area (Å²) in [5, 5.41) is 3.30. The minimum absolute atomic E-state index is 0.344. The van der Waals surface area contributed by atoms with Crippen LogP contribution in [0.4, 0.5) is 0 Å². The topological polar surface area (TPSA) is 38.8 Å². The molecular weight excluding hydrogens is 288 g/mol. The summed E-state index contributed by atoms with van der Waals surface area (Å²) in [6.07, 6.45) is 7.92. The predicted molar refractivity (Wildman–Crippen MR) is 93.5 cm³/mol. The van der Waals surface area contributed by atoms with Crippen LogP contribution in [-0.2, 0) is 4.79 Å². The molecule has 3 aliphatic rings. The minimum atomic E-state index is 0.344. The maximum absolute atomic E-state index is 12.2. The van der Waals surface area contributed by atoms with Crippen molar-refractivity contribution >= 4 is 5.91 Å². The number of hydrogen-bond donors (Lipinski definition) is 1. The fourth-order valence-corrected chi connectivity index (χ4v) is 4.26. The molecule has 1 N–H and O–H groups in total. The molecule has 0 unspecified atom stereocenters. The van der Waals surface area contributed by atoms with Crippen LogP contribution in [0, 0.1) is 5.92 Å². The number of nitrogens with zero attached hydrogens (tertiary/aromatic N) is 3. The highest BCUT2D eigenvalue weighted by molar-refractivity contribution is 5.76. The van der Waals surface area contributed by atoms with Gasteiger partial charge in [0.2, 0.25) is 5.91 Å². The van der Waals surface area contributed by atoms with Crippen LogP contribution in [0.5, 0.6) is 0 Å². The molecule has 0 aromatic carbocycles. The number of hydrogen-bond acceptors (Lipinski definition) is 4. The molecule has 23 heavy (non-hydrogen) atoms. The fourth-order valence-electron chi connectivity index (χ4n) is 4.26. The van der Waals surface area contributed by atoms with Crippen LogP contribution in [0.3, 0.4) is 0 Å². The monoisotopic (exact) mass is 322 g/mol. The molecular formula is C18H34N4O. The van der Waals surface area contributed by atoms with E-state index in [1.54, 1.807) is 0 Å². The summed E-state index contributed by atoms with van der Waals surface area (Å²) in [5.74, 6) is 1.29. The molecule has 132 valence electrons. The molecule has 1 saturated carbocycles. The summed E-state index contributed by atoms with van der Waals surface area (Å²) in [6, 6.07) is 0. The summed E-state index contributed by atoms with van der Waals surface area (Å²) in [5.41, 5.74) is 0. The Kier molecular flexibility index (Phi) is 6.72. The van der Waals surface area contributed by atoms with Crippen LogP contribution in [0.15, 0.2) is 0 Å². The van der Waals surface area contributed by atoms with E-state index in [2.05, 4.69) is 15.1 Å². The van der Waals surface area contributed by atoms with E-state index in [1.165, 1.54) is 51.7 Å². The zero-order valence-electron chi connectivity index (χ0n) is 14.6. The number of carbonyl (C=O) groups excluding carboxylic acids is 1. The molecule has 1 amide bonds. The molecule has 5 heteroatoms. The van der Waals surface area contributed by atoms with E-state index in [0.717, 1.165) is 51.7 Å². The second kappa shape index (κ2) is 9.00. The first kappa shape index (κ1) is 17.2. The summed E-state index contributed by atoms with van der Waals surface area (Å²) < 4.78 is 0. The lowest BCUT2D eigenvalue weighted by Gasteiger charge is -2.37. The second-order valence-corrected chi connectivity index (χ2v) is 7.53. The van der Waals surface area contributed by atoms with Crippen molar-refractivity contribution in [3.8, 4) is 0 Å². The van der Waals surface area contributed by atoms with E-state index in [1.807, 2.05) is 4.90 Å². The van der Waals surface area contributed by atoms with Gasteiger partial charge in [0.15, 0.2) is 0 Å². The molecule has 3 fully saturated rings. The molecule has 5 nitrogen and oxygen atoms in total. The molecule has 0 bridgehead atoms. The van der Waals surface area contributed by atoms with Gasteiger partial charge in [0, 0.05) is 71.9 Å². The Morgan fingerprint density at radius 3 is 2.22 bits per heavy atom. The highest BCUT2D eigenvalue weighted by Crippen LogP contribution is 2.24. The summed E-state index contributed by atoms with van der Waals surface area (Å²) >= 11 is 0. The van der Waals surface area contributed by atoms with Crippen LogP contribution in [-0.4, -0.2) is 86.1 Å². The quantitative estimate of drug-likeness (QED) is 0.820. The molecule has 2 heterocycles. The van der Waals surface area contributed by atoms with Crippen molar-refractivity contribution in [3.63, 3.8) is 0 Å². The largest absolute Gasteiger partial charge is 0.340 e. The predicted octanol–water partition coefficient (Wildman–Crippen LogP) is 1.01. The van der Waals surface area contributed by atoms with Gasteiger partial charge in [0.1, 0.15) is 0 Å². The van der Waals surface area contributed by atoms with Gasteiger partial charge in [-0.25, -0.2) is 0 Å². The van der Waals surface area contributed by atoms with E-state index >= 15 is 0 Å². The number of carbonyl (C=O) groups is 1. The van der Waals surface area contributed by atoms with Gasteiger partial charge in [-0.05, 0) is 18.8 Å². The Morgan fingerprint density at radius 1 is 0.870 bits per heavy atom. The first-order chi connectivity index (χ1) is 11.3. The van der Waals surface area contributed by atoms with Gasteiger partial charge in [-0.3, -0.25) is 4.79 Å². The van der Waals surface area contributed by atoms with Gasteiger partial charge in [-0.2, -0.15) is 0 Å². The third-order valence-corrected chi connectivity index (χ3v) is 5.82. The molecule has 0 radical (unpaired) electrons. The first-order valence-electron chi connectivity index (χ1n) is 9.74. The highest BCUT2D eigenvalue weighted by Gasteiger charge is 2.22. The van der Waals surface area contributed by atoms with Gasteiger partial charge >= 0.3 is 0 Å². The zero-order valence-corrected chi connectivity index (χ0v) is 14.6. The zero-order chi connectivity index (χ0) is 15.9. The second-order valence-electron chi connectivity index (χ2n) is 7.53. The molecule has 0 spiro atoms. The van der Waals surface area contributed by atoms with Crippen LogP contribution in [0.2, 0.25) is 0 Å². The van der Waals surface area contributed by atoms with Gasteiger partial charge in [0.05, 0.1) is 0 Å². The number of rotatable bonds is 5. The van der Waals surface area contributed by atoms with Crippen LogP contribution in [0.25, 0.3) is 0 Å². The SMILES string of the molecule is O=C(CCN1CCN(CC2CCCCC2)CC1)N1CCNCC1. The molecule has 3 rings (SSSR count). The average Bonchev–Trinajstić information content (AvgIpc) is 2.62. The van der Waals surface area contributed by atoms with Crippen LogP contribution < -0.4 is 5.32 Å². The van der Waals surface area contributed by atoms with Crippen LogP contribution >= 0.6 is 0 Å². The normalized spacial score (nSPS) is 25.7. The van der Waals surface area contributed by atoms with Crippen molar-refractivity contribution < 1.29 is 4.79 Å². The van der Waals surface area contributed by atoms with E-state index in [9.17, 15) is 4.79 Å². The summed E-state index contributed by atoms with van der Waals surface area (Å²) in [6.45, 7) is 10.6. The number of amides is 1. The fraction of sp³-hybridized carbons (Fsp3) is 0.944. The van der Waals surface area contributed by atoms with Crippen molar-refractivity contribution in [3.05, 3.63) is 0 Å². The minimum Gasteiger partial charge on any atom is -0.340 e. The standard InChI is InChI=1S/C18H34N4O/c23-18(22-10-7-19-8-11-22)6-9-20-12-14-21(15-13-20)16-17-4-2-1-3-5-17/h17,19H,1-16H2. The lowest BCUT2D eigenvalue weighted by molar-refractivity contribution is -0.132. The van der Waals surface area contributed by atoms with Crippen LogP contribution in [0.1, 0.15) is 38.5 Å². The lowest BCUT2D eigenvalue weighted by atomic mass is 9.89. The molecule has 2 aliphatic heterocycles. The summed E-state index contributed by atoms with van der Waals surface area (Å²) in [7, 11) is 0. The third-order valence-electron chi connectivity index (χ3n) is 5.82. The van der Waals surface area contributed by atoms with Gasteiger partial charge in [-0.15, -0.1) is 0 Å². The van der Waals surface area contributed by atoms with E-state index in [-0.39, 0.29) is 0 Å². The van der Waals surface area contributed by atoms with Crippen molar-refractivity contribution in [2.24, 2.45) is 5.92 Å². The van der Waals surface area contributed by atoms with Crippen molar-refractivity contribution in [2.45, 2.75) is 38.5 Å². The van der Waals surface area contributed by atoms with Crippen molar-refractivity contribution in [1.82, 2.24) is 20.0 Å². The van der Waals surface area contributed by atoms with E-state index in [4.69, 9.17) is 0 Å². The maximum Gasteiger partial charge on any atom is 0.223 e. The third kappa shape index (κ3) is 5.44. The number of piperazine rings is 2. The van der Waals surface area contributed by atoms with Crippen molar-refractivity contribution in [1.29, 1.82) is 0 Å². The Balaban J connectivity index is 1.30. The Bertz CT molecular complexity index is 356. The van der Waals surface area contributed by atoms with Gasteiger partial charge in [-0.1, -0.05) is 19.3 Å². The highest BCUT2D eigenvalue weighted by atomic mass is 16.2. The molecule has 2 saturated heterocycles. The molecule has 0 atom stereocenters. The van der Waals surface area contributed by atoms with Gasteiger partial charge < -0.3 is 20.0 Å². The maximum atomic E-state index is 12.2. The first-order valence-corrected chi connectivity index (χ1v) is 9.74. The Hall–Kier alpha value is -0.650. The molecule has 0 aromatic rings. The van der Waals surface area contributed by atoms with Gasteiger partial charge in [0.25, 0.3) is 0 Å². The van der Waals surface area contributed by atoms with E-state index in [0.29, 0.717) is 12.3 Å². The number of nitrogens with one attached hydrogen (secondary N) is 1. The smallest absolute Gasteiger partial charge is 0.223 e. The molecule has 1 aliphatic carbocycles. The lowest BCUT2D eigenvalue weighted by Crippen LogP contribution is -2.50. The van der Waals surface area contributed by atoms with E-state index < -0.39 is 0 Å². The Labute approximate surface area is 141 Å². The molecule has 0 aromatic heterocycles. The summed E-state index contributed by atoms with van der Waals surface area (Å²) in [4.78, 5) is 19.4. The average molecular weight is 322 g/mol. The Morgan fingerprint density at radius 2 is 1.52 bits per heavy atom. The van der Waals surface area contributed by atoms with Crippen molar-refractivity contribution in [2.75, 3.05) is 65.4 Å².